The zero-order valence-electron chi connectivity index (χ0n) is 17.0. The Kier molecular flexibility index (Phi) is 7.67. The Morgan fingerprint density at radius 2 is 1.70 bits per heavy atom. The van der Waals surface area contributed by atoms with Gasteiger partial charge in [0.25, 0.3) is 5.91 Å². The largest absolute Gasteiger partial charge is 0.322 e. The van der Waals surface area contributed by atoms with Gasteiger partial charge < -0.3 is 10.6 Å². The summed E-state index contributed by atoms with van der Waals surface area (Å²) in [6, 6.07) is 21.4. The topological polar surface area (TPSA) is 71.1 Å². The van der Waals surface area contributed by atoms with Gasteiger partial charge in [0.2, 0.25) is 5.91 Å². The van der Waals surface area contributed by atoms with Gasteiger partial charge in [-0.3, -0.25) is 9.59 Å². The number of thioether (sulfide) groups is 1. The van der Waals surface area contributed by atoms with Crippen molar-refractivity contribution in [3.8, 4) is 11.3 Å². The van der Waals surface area contributed by atoms with Gasteiger partial charge in [0.1, 0.15) is 0 Å². The van der Waals surface area contributed by atoms with Gasteiger partial charge in [-0.1, -0.05) is 47.5 Å². The fraction of sp³-hybridized carbons (Fsp3) is 0.0417. The van der Waals surface area contributed by atoms with Gasteiger partial charge in [-0.05, 0) is 48.5 Å². The van der Waals surface area contributed by atoms with E-state index in [0.29, 0.717) is 26.4 Å². The normalized spacial score (nSPS) is 10.6. The molecule has 0 bridgehead atoms. The van der Waals surface area contributed by atoms with E-state index in [1.807, 2.05) is 35.7 Å². The number of carbonyl (C=O) groups is 2. The fourth-order valence-corrected chi connectivity index (χ4v) is 4.69. The van der Waals surface area contributed by atoms with Gasteiger partial charge in [-0.2, -0.15) is 0 Å². The second-order valence-corrected chi connectivity index (χ2v) is 9.65. The molecule has 0 aliphatic rings. The number of benzene rings is 3. The highest BCUT2D eigenvalue weighted by atomic mass is 35.5. The van der Waals surface area contributed by atoms with Crippen LogP contribution in [0.25, 0.3) is 11.3 Å². The standard InChI is InChI=1S/C24H17Cl2N3O2S2/c25-17-9-7-15(8-10-17)21-13-33-24(28-21)29-22(30)14-32-20-6-2-5-19(12-20)27-23(31)16-3-1-4-18(26)11-16/h1-13H,14H2,(H,27,31)(H,28,29,30). The summed E-state index contributed by atoms with van der Waals surface area (Å²) >= 11 is 14.6. The molecule has 166 valence electrons. The smallest absolute Gasteiger partial charge is 0.255 e. The lowest BCUT2D eigenvalue weighted by molar-refractivity contribution is -0.113. The molecule has 2 amide bonds. The minimum absolute atomic E-state index is 0.162. The molecule has 3 aromatic carbocycles. The number of nitrogens with zero attached hydrogens (tertiary/aromatic N) is 1. The van der Waals surface area contributed by atoms with E-state index in [2.05, 4.69) is 15.6 Å². The number of amides is 2. The van der Waals surface area contributed by atoms with Crippen molar-refractivity contribution in [2.45, 2.75) is 4.90 Å². The Hall–Kier alpha value is -2.84. The molecule has 1 heterocycles. The van der Waals surface area contributed by atoms with Crippen molar-refractivity contribution < 1.29 is 9.59 Å². The Balaban J connectivity index is 1.31. The molecule has 0 radical (unpaired) electrons. The van der Waals surface area contributed by atoms with Crippen LogP contribution in [-0.2, 0) is 4.79 Å². The number of thiazole rings is 1. The van der Waals surface area contributed by atoms with Crippen molar-refractivity contribution in [2.24, 2.45) is 0 Å². The monoisotopic (exact) mass is 513 g/mol. The van der Waals surface area contributed by atoms with Crippen molar-refractivity contribution in [3.63, 3.8) is 0 Å². The molecule has 0 atom stereocenters. The summed E-state index contributed by atoms with van der Waals surface area (Å²) < 4.78 is 0. The summed E-state index contributed by atoms with van der Waals surface area (Å²) in [5.41, 5.74) is 2.82. The summed E-state index contributed by atoms with van der Waals surface area (Å²) in [6.07, 6.45) is 0. The van der Waals surface area contributed by atoms with Crippen molar-refractivity contribution in [2.75, 3.05) is 16.4 Å². The molecule has 0 aliphatic carbocycles. The first-order valence-corrected chi connectivity index (χ1v) is 12.4. The molecule has 0 saturated heterocycles. The van der Waals surface area contributed by atoms with Crippen LogP contribution in [0.15, 0.2) is 83.1 Å². The zero-order chi connectivity index (χ0) is 23.2. The van der Waals surface area contributed by atoms with Crippen molar-refractivity contribution in [1.82, 2.24) is 4.98 Å². The summed E-state index contributed by atoms with van der Waals surface area (Å²) in [5, 5.41) is 9.25. The van der Waals surface area contributed by atoms with Crippen LogP contribution < -0.4 is 10.6 Å². The summed E-state index contributed by atoms with van der Waals surface area (Å²) in [5.74, 6) is -0.204. The quantitative estimate of drug-likeness (QED) is 0.258. The van der Waals surface area contributed by atoms with Gasteiger partial charge >= 0.3 is 0 Å². The Bertz CT molecular complexity index is 1290. The number of hydrogen-bond donors (Lipinski definition) is 2. The summed E-state index contributed by atoms with van der Waals surface area (Å²) in [6.45, 7) is 0. The van der Waals surface area contributed by atoms with Gasteiger partial charge in [0, 0.05) is 37.1 Å². The fourth-order valence-electron chi connectivity index (χ4n) is 2.89. The van der Waals surface area contributed by atoms with E-state index >= 15 is 0 Å². The predicted molar refractivity (Wildman–Crippen MR) is 138 cm³/mol. The minimum atomic E-state index is -0.252. The molecule has 5 nitrogen and oxygen atoms in total. The highest BCUT2D eigenvalue weighted by molar-refractivity contribution is 8.00. The van der Waals surface area contributed by atoms with Gasteiger partial charge in [-0.15, -0.1) is 23.1 Å². The van der Waals surface area contributed by atoms with Crippen LogP contribution in [0.2, 0.25) is 10.0 Å². The maximum absolute atomic E-state index is 12.4. The molecule has 4 rings (SSSR count). The second-order valence-electron chi connectivity index (χ2n) is 6.87. The number of aromatic nitrogens is 1. The molecule has 0 aliphatic heterocycles. The lowest BCUT2D eigenvalue weighted by Gasteiger charge is -2.08. The number of hydrogen-bond acceptors (Lipinski definition) is 5. The van der Waals surface area contributed by atoms with Crippen LogP contribution in [-0.4, -0.2) is 22.6 Å². The van der Waals surface area contributed by atoms with E-state index < -0.39 is 0 Å². The molecule has 0 unspecified atom stereocenters. The van der Waals surface area contributed by atoms with Crippen LogP contribution in [0.1, 0.15) is 10.4 Å². The summed E-state index contributed by atoms with van der Waals surface area (Å²) in [7, 11) is 0. The number of carbonyl (C=O) groups excluding carboxylic acids is 2. The maximum atomic E-state index is 12.4. The Labute approximate surface area is 209 Å². The van der Waals surface area contributed by atoms with E-state index in [-0.39, 0.29) is 17.6 Å². The number of nitrogens with one attached hydrogen (secondary N) is 2. The summed E-state index contributed by atoms with van der Waals surface area (Å²) in [4.78, 5) is 30.1. The molecule has 33 heavy (non-hydrogen) atoms. The SMILES string of the molecule is O=C(CSc1cccc(NC(=O)c2cccc(Cl)c2)c1)Nc1nc(-c2ccc(Cl)cc2)cs1. The first-order valence-electron chi connectivity index (χ1n) is 9.77. The van der Waals surface area contributed by atoms with Crippen LogP contribution in [0.5, 0.6) is 0 Å². The highest BCUT2D eigenvalue weighted by Crippen LogP contribution is 2.27. The molecular formula is C24H17Cl2N3O2S2. The number of rotatable bonds is 7. The van der Waals surface area contributed by atoms with Crippen LogP contribution in [0.4, 0.5) is 10.8 Å². The zero-order valence-corrected chi connectivity index (χ0v) is 20.2. The molecule has 0 spiro atoms. The van der Waals surface area contributed by atoms with Crippen LogP contribution in [0, 0.1) is 0 Å². The van der Waals surface area contributed by atoms with E-state index in [0.717, 1.165) is 16.2 Å². The molecular weight excluding hydrogens is 497 g/mol. The van der Waals surface area contributed by atoms with E-state index in [1.165, 1.54) is 23.1 Å². The third-order valence-electron chi connectivity index (χ3n) is 4.44. The average molecular weight is 514 g/mol. The third kappa shape index (κ3) is 6.58. The Morgan fingerprint density at radius 1 is 0.909 bits per heavy atom. The van der Waals surface area contributed by atoms with Gasteiger partial charge in [0.15, 0.2) is 5.13 Å². The molecule has 0 fully saturated rings. The van der Waals surface area contributed by atoms with Crippen LogP contribution >= 0.6 is 46.3 Å². The van der Waals surface area contributed by atoms with E-state index in [1.54, 1.807) is 42.5 Å². The predicted octanol–water partition coefficient (Wildman–Crippen LogP) is 7.10. The van der Waals surface area contributed by atoms with Gasteiger partial charge in [0.05, 0.1) is 11.4 Å². The lowest BCUT2D eigenvalue weighted by Crippen LogP contribution is -2.14. The first kappa shape index (κ1) is 23.3. The van der Waals surface area contributed by atoms with Crippen molar-refractivity contribution in [1.29, 1.82) is 0 Å². The molecule has 2 N–H and O–H groups in total. The van der Waals surface area contributed by atoms with Gasteiger partial charge in [-0.25, -0.2) is 4.98 Å². The van der Waals surface area contributed by atoms with E-state index in [9.17, 15) is 9.59 Å². The molecule has 1 aromatic heterocycles. The average Bonchev–Trinajstić information content (AvgIpc) is 3.27. The van der Waals surface area contributed by atoms with Crippen molar-refractivity contribution >= 4 is 68.9 Å². The Morgan fingerprint density at radius 3 is 2.48 bits per heavy atom. The van der Waals surface area contributed by atoms with Crippen LogP contribution in [0.3, 0.4) is 0 Å². The maximum Gasteiger partial charge on any atom is 0.255 e. The minimum Gasteiger partial charge on any atom is -0.322 e. The molecule has 4 aromatic rings. The third-order valence-corrected chi connectivity index (χ3v) is 6.68. The lowest BCUT2D eigenvalue weighted by atomic mass is 10.2. The molecule has 0 saturated carbocycles. The molecule has 9 heteroatoms. The highest BCUT2D eigenvalue weighted by Gasteiger charge is 2.10. The number of halogens is 2. The van der Waals surface area contributed by atoms with E-state index in [4.69, 9.17) is 23.2 Å². The first-order chi connectivity index (χ1) is 16.0. The number of anilines is 2. The second kappa shape index (κ2) is 10.9. The van der Waals surface area contributed by atoms with Crippen molar-refractivity contribution in [3.05, 3.63) is 93.8 Å².